The molecular weight excluding hydrogens is 314 g/mol. The number of para-hydroxylation sites is 1. The quantitative estimate of drug-likeness (QED) is 0.783. The molecule has 1 aromatic carbocycles. The van der Waals surface area contributed by atoms with Gasteiger partial charge in [-0.3, -0.25) is 14.5 Å². The van der Waals surface area contributed by atoms with Crippen molar-refractivity contribution in [3.63, 3.8) is 0 Å². The molecule has 0 saturated carbocycles. The van der Waals surface area contributed by atoms with E-state index in [2.05, 4.69) is 0 Å². The zero-order valence-electron chi connectivity index (χ0n) is 12.5. The molecular formula is C17H15NO4S. The lowest BCUT2D eigenvalue weighted by atomic mass is 10.3. The van der Waals surface area contributed by atoms with E-state index in [1.165, 1.54) is 4.90 Å². The minimum atomic E-state index is -0.314. The highest BCUT2D eigenvalue weighted by atomic mass is 32.2. The number of hydrogen-bond donors (Lipinski definition) is 0. The van der Waals surface area contributed by atoms with Gasteiger partial charge in [0.2, 0.25) is 0 Å². The van der Waals surface area contributed by atoms with E-state index in [1.54, 1.807) is 12.1 Å². The second kappa shape index (κ2) is 6.75. The fourth-order valence-electron chi connectivity index (χ4n) is 2.12. The van der Waals surface area contributed by atoms with Gasteiger partial charge in [0.25, 0.3) is 11.1 Å². The number of carbonyl (C=O) groups excluding carboxylic acids is 2. The van der Waals surface area contributed by atoms with Crippen molar-refractivity contribution >= 4 is 29.0 Å². The number of aryl methyl sites for hydroxylation is 1. The highest BCUT2D eigenvalue weighted by Crippen LogP contribution is 2.32. The molecule has 1 aliphatic heterocycles. The molecule has 0 radical (unpaired) electrons. The summed E-state index contributed by atoms with van der Waals surface area (Å²) in [5.74, 6) is 1.71. The average molecular weight is 329 g/mol. The topological polar surface area (TPSA) is 59.8 Å². The number of hydrogen-bond acceptors (Lipinski definition) is 5. The molecule has 0 aliphatic carbocycles. The molecule has 1 aromatic heterocycles. The zero-order chi connectivity index (χ0) is 16.2. The number of benzene rings is 1. The Hall–Kier alpha value is -2.47. The minimum Gasteiger partial charge on any atom is -0.492 e. The number of imide groups is 1. The van der Waals surface area contributed by atoms with Crippen LogP contribution in [0.1, 0.15) is 11.5 Å². The van der Waals surface area contributed by atoms with Crippen LogP contribution < -0.4 is 4.74 Å². The van der Waals surface area contributed by atoms with Gasteiger partial charge in [-0.2, -0.15) is 0 Å². The molecule has 5 nitrogen and oxygen atoms in total. The van der Waals surface area contributed by atoms with Crippen LogP contribution in [0, 0.1) is 6.92 Å². The lowest BCUT2D eigenvalue weighted by Gasteiger charge is -2.13. The largest absolute Gasteiger partial charge is 0.492 e. The highest BCUT2D eigenvalue weighted by molar-refractivity contribution is 8.18. The lowest BCUT2D eigenvalue weighted by molar-refractivity contribution is -0.123. The maximum atomic E-state index is 12.3. The summed E-state index contributed by atoms with van der Waals surface area (Å²) in [6.45, 7) is 2.30. The molecule has 23 heavy (non-hydrogen) atoms. The van der Waals surface area contributed by atoms with Gasteiger partial charge in [-0.05, 0) is 43.0 Å². The number of rotatable bonds is 5. The predicted octanol–water partition coefficient (Wildman–Crippen LogP) is 3.70. The van der Waals surface area contributed by atoms with Crippen LogP contribution in [0.3, 0.4) is 0 Å². The molecule has 1 aliphatic rings. The van der Waals surface area contributed by atoms with Gasteiger partial charge in [0.15, 0.2) is 0 Å². The Bertz CT molecular complexity index is 751. The predicted molar refractivity (Wildman–Crippen MR) is 88.1 cm³/mol. The van der Waals surface area contributed by atoms with Crippen molar-refractivity contribution < 1.29 is 18.7 Å². The van der Waals surface area contributed by atoms with Crippen molar-refractivity contribution in [3.8, 4) is 5.75 Å². The van der Waals surface area contributed by atoms with Crippen molar-refractivity contribution in [2.45, 2.75) is 6.92 Å². The van der Waals surface area contributed by atoms with Crippen molar-refractivity contribution in [1.29, 1.82) is 0 Å². The van der Waals surface area contributed by atoms with E-state index in [-0.39, 0.29) is 24.3 Å². The van der Waals surface area contributed by atoms with E-state index in [4.69, 9.17) is 9.15 Å². The second-order valence-electron chi connectivity index (χ2n) is 4.94. The fraction of sp³-hybridized carbons (Fsp3) is 0.176. The maximum Gasteiger partial charge on any atom is 0.293 e. The zero-order valence-corrected chi connectivity index (χ0v) is 13.3. The van der Waals surface area contributed by atoms with Crippen LogP contribution in [0.25, 0.3) is 6.08 Å². The van der Waals surface area contributed by atoms with Crippen LogP contribution in [0.15, 0.2) is 51.8 Å². The second-order valence-corrected chi connectivity index (χ2v) is 5.94. The van der Waals surface area contributed by atoms with Gasteiger partial charge in [-0.1, -0.05) is 18.2 Å². The third-order valence-electron chi connectivity index (χ3n) is 3.23. The normalized spacial score (nSPS) is 16.4. The van der Waals surface area contributed by atoms with Crippen molar-refractivity contribution in [3.05, 3.63) is 58.9 Å². The number of furan rings is 1. The van der Waals surface area contributed by atoms with E-state index in [0.717, 1.165) is 17.5 Å². The summed E-state index contributed by atoms with van der Waals surface area (Å²) in [6, 6.07) is 12.9. The van der Waals surface area contributed by atoms with Gasteiger partial charge in [0, 0.05) is 6.08 Å². The lowest BCUT2D eigenvalue weighted by Crippen LogP contribution is -2.32. The van der Waals surface area contributed by atoms with E-state index >= 15 is 0 Å². The molecule has 0 spiro atoms. The van der Waals surface area contributed by atoms with Crippen molar-refractivity contribution in [1.82, 2.24) is 4.90 Å². The van der Waals surface area contributed by atoms with Gasteiger partial charge in [-0.15, -0.1) is 0 Å². The van der Waals surface area contributed by atoms with Crippen LogP contribution >= 0.6 is 11.8 Å². The summed E-state index contributed by atoms with van der Waals surface area (Å²) in [5.41, 5.74) is 0. The molecule has 6 heteroatoms. The van der Waals surface area contributed by atoms with E-state index in [0.29, 0.717) is 16.4 Å². The Morgan fingerprint density at radius 3 is 2.65 bits per heavy atom. The highest BCUT2D eigenvalue weighted by Gasteiger charge is 2.35. The van der Waals surface area contributed by atoms with E-state index in [1.807, 2.05) is 43.3 Å². The Morgan fingerprint density at radius 1 is 1.17 bits per heavy atom. The van der Waals surface area contributed by atoms with Gasteiger partial charge in [-0.25, -0.2) is 0 Å². The Morgan fingerprint density at radius 2 is 1.96 bits per heavy atom. The molecule has 0 unspecified atom stereocenters. The van der Waals surface area contributed by atoms with Crippen LogP contribution in [-0.2, 0) is 4.79 Å². The number of nitrogens with zero attached hydrogens (tertiary/aromatic N) is 1. The van der Waals surface area contributed by atoms with Crippen molar-refractivity contribution in [2.24, 2.45) is 0 Å². The number of carbonyl (C=O) groups is 2. The number of amides is 2. The molecule has 2 amide bonds. The van der Waals surface area contributed by atoms with E-state index < -0.39 is 0 Å². The van der Waals surface area contributed by atoms with Gasteiger partial charge < -0.3 is 9.15 Å². The molecule has 3 rings (SSSR count). The maximum absolute atomic E-state index is 12.3. The van der Waals surface area contributed by atoms with Crippen LogP contribution in [-0.4, -0.2) is 29.2 Å². The summed E-state index contributed by atoms with van der Waals surface area (Å²) in [5, 5.41) is -0.291. The van der Waals surface area contributed by atoms with E-state index in [9.17, 15) is 9.59 Å². The summed E-state index contributed by atoms with van der Waals surface area (Å²) < 4.78 is 10.9. The molecule has 1 fully saturated rings. The standard InChI is InChI=1S/C17H15NO4S/c1-12-7-8-14(22-12)11-15-16(19)18(17(20)23-15)9-10-21-13-5-3-2-4-6-13/h2-8,11H,9-10H2,1H3. The number of ether oxygens (including phenoxy) is 1. The SMILES string of the molecule is Cc1ccc(C=C2SC(=O)N(CCOc3ccccc3)C2=O)o1. The van der Waals surface area contributed by atoms with Crippen LogP contribution in [0.4, 0.5) is 4.79 Å². The molecule has 0 N–H and O–H groups in total. The van der Waals surface area contributed by atoms with Crippen LogP contribution in [0.2, 0.25) is 0 Å². The fourth-order valence-corrected chi connectivity index (χ4v) is 2.97. The number of thioether (sulfide) groups is 1. The first-order valence-corrected chi connectivity index (χ1v) is 7.95. The Balaban J connectivity index is 1.61. The van der Waals surface area contributed by atoms with Crippen molar-refractivity contribution in [2.75, 3.05) is 13.2 Å². The molecule has 0 bridgehead atoms. The first kappa shape index (κ1) is 15.4. The third-order valence-corrected chi connectivity index (χ3v) is 4.14. The smallest absolute Gasteiger partial charge is 0.293 e. The van der Waals surface area contributed by atoms with Gasteiger partial charge >= 0.3 is 0 Å². The summed E-state index contributed by atoms with van der Waals surface area (Å²) in [6.07, 6.45) is 1.59. The minimum absolute atomic E-state index is 0.216. The summed E-state index contributed by atoms with van der Waals surface area (Å²) >= 11 is 0.915. The Labute approximate surface area is 137 Å². The first-order chi connectivity index (χ1) is 11.1. The van der Waals surface area contributed by atoms with Gasteiger partial charge in [0.1, 0.15) is 23.9 Å². The van der Waals surface area contributed by atoms with Crippen LogP contribution in [0.5, 0.6) is 5.75 Å². The molecule has 2 heterocycles. The molecule has 1 saturated heterocycles. The molecule has 0 atom stereocenters. The summed E-state index contributed by atoms with van der Waals surface area (Å²) in [7, 11) is 0. The third kappa shape index (κ3) is 3.65. The Kier molecular flexibility index (Phi) is 4.52. The average Bonchev–Trinajstić information content (AvgIpc) is 3.06. The summed E-state index contributed by atoms with van der Waals surface area (Å²) in [4.78, 5) is 25.8. The monoisotopic (exact) mass is 329 g/mol. The molecule has 2 aromatic rings. The molecule has 118 valence electrons. The van der Waals surface area contributed by atoms with Gasteiger partial charge in [0.05, 0.1) is 11.4 Å². The first-order valence-electron chi connectivity index (χ1n) is 7.13.